The molecule has 0 radical (unpaired) electrons. The van der Waals surface area contributed by atoms with Crippen molar-refractivity contribution in [2.75, 3.05) is 18.5 Å². The molecule has 138 valence electrons. The second kappa shape index (κ2) is 6.59. The predicted octanol–water partition coefficient (Wildman–Crippen LogP) is 3.29. The molecule has 0 bridgehead atoms. The molecule has 1 fully saturated rings. The van der Waals surface area contributed by atoms with Gasteiger partial charge in [0.1, 0.15) is 0 Å². The Kier molecular flexibility index (Phi) is 4.40. The van der Waals surface area contributed by atoms with Crippen LogP contribution in [0.4, 0.5) is 10.2 Å². The lowest BCUT2D eigenvalue weighted by Gasteiger charge is -2.30. The van der Waals surface area contributed by atoms with Gasteiger partial charge in [-0.1, -0.05) is 6.92 Å². The van der Waals surface area contributed by atoms with Crippen LogP contribution >= 0.6 is 11.5 Å². The maximum Gasteiger partial charge on any atom is 0.254 e. The molecular formula is C18H21FN4O2S. The minimum atomic E-state index is -0.450. The van der Waals surface area contributed by atoms with Crippen molar-refractivity contribution in [2.24, 2.45) is 5.92 Å². The average Bonchev–Trinajstić information content (AvgIpc) is 3.16. The van der Waals surface area contributed by atoms with Crippen LogP contribution in [-0.2, 0) is 4.74 Å². The number of anilines is 1. The van der Waals surface area contributed by atoms with Gasteiger partial charge in [0, 0.05) is 18.2 Å². The summed E-state index contributed by atoms with van der Waals surface area (Å²) in [5, 5.41) is 6.06. The van der Waals surface area contributed by atoms with E-state index < -0.39 is 5.82 Å². The Labute approximate surface area is 155 Å². The minimum absolute atomic E-state index is 0.0835. The Balaban J connectivity index is 1.82. The first kappa shape index (κ1) is 17.4. The van der Waals surface area contributed by atoms with Gasteiger partial charge < -0.3 is 15.4 Å². The standard InChI is InChI=1S/C18H21FN4O2S/c1-8-7-25-5-4-11(8)21-17-15(19)13-10(3)20-18(24)14(13)16(22-17)12-6-9(2)23-26-12/h6,8,10-11H,4-5,7H2,1-3H3,(H,20,24)(H,21,22)/t8-,10+,11+/m0/s1. The molecule has 1 saturated heterocycles. The van der Waals surface area contributed by atoms with E-state index in [1.165, 1.54) is 11.5 Å². The molecule has 4 rings (SSSR count). The first-order valence-electron chi connectivity index (χ1n) is 8.78. The normalized spacial score (nSPS) is 25.1. The van der Waals surface area contributed by atoms with E-state index in [-0.39, 0.29) is 29.7 Å². The molecule has 2 aliphatic rings. The molecule has 2 aliphatic heterocycles. The van der Waals surface area contributed by atoms with Crippen LogP contribution in [0, 0.1) is 18.7 Å². The zero-order valence-corrected chi connectivity index (χ0v) is 15.7. The van der Waals surface area contributed by atoms with Crippen molar-refractivity contribution in [3.63, 3.8) is 0 Å². The van der Waals surface area contributed by atoms with Crippen LogP contribution in [0.1, 0.15) is 47.9 Å². The third kappa shape index (κ3) is 2.87. The van der Waals surface area contributed by atoms with E-state index in [4.69, 9.17) is 4.74 Å². The number of nitrogens with one attached hydrogen (secondary N) is 2. The average molecular weight is 376 g/mol. The third-order valence-corrected chi connectivity index (χ3v) is 5.89. The molecule has 6 nitrogen and oxygen atoms in total. The predicted molar refractivity (Wildman–Crippen MR) is 97.9 cm³/mol. The highest BCUT2D eigenvalue weighted by atomic mass is 32.1. The lowest BCUT2D eigenvalue weighted by atomic mass is 9.97. The van der Waals surface area contributed by atoms with Crippen LogP contribution in [0.3, 0.4) is 0 Å². The van der Waals surface area contributed by atoms with Crippen LogP contribution in [0.2, 0.25) is 0 Å². The van der Waals surface area contributed by atoms with Crippen molar-refractivity contribution in [2.45, 2.75) is 39.3 Å². The molecule has 0 aliphatic carbocycles. The number of nitrogens with zero attached hydrogens (tertiary/aromatic N) is 2. The SMILES string of the molecule is Cc1cc(-c2nc(N[C@@H]3CCOC[C@@H]3C)c(F)c3c2C(=O)N[C@@H]3C)sn1. The Bertz CT molecular complexity index is 869. The van der Waals surface area contributed by atoms with Gasteiger partial charge in [0.15, 0.2) is 11.6 Å². The summed E-state index contributed by atoms with van der Waals surface area (Å²) in [4.78, 5) is 17.7. The van der Waals surface area contributed by atoms with Gasteiger partial charge in [-0.3, -0.25) is 4.79 Å². The molecule has 2 aromatic heterocycles. The minimum Gasteiger partial charge on any atom is -0.381 e. The van der Waals surface area contributed by atoms with Crippen LogP contribution in [0.15, 0.2) is 6.07 Å². The molecule has 1 amide bonds. The fraction of sp³-hybridized carbons (Fsp3) is 0.500. The molecule has 0 spiro atoms. The van der Waals surface area contributed by atoms with Crippen LogP contribution in [0.5, 0.6) is 0 Å². The lowest BCUT2D eigenvalue weighted by Crippen LogP contribution is -2.36. The molecule has 2 aromatic rings. The van der Waals surface area contributed by atoms with E-state index >= 15 is 4.39 Å². The number of hydrogen-bond donors (Lipinski definition) is 2. The van der Waals surface area contributed by atoms with Crippen molar-refractivity contribution in [1.82, 2.24) is 14.7 Å². The molecule has 2 N–H and O–H groups in total. The van der Waals surface area contributed by atoms with Gasteiger partial charge in [-0.2, -0.15) is 4.37 Å². The first-order valence-corrected chi connectivity index (χ1v) is 9.55. The number of aromatic nitrogens is 2. The molecule has 0 unspecified atom stereocenters. The summed E-state index contributed by atoms with van der Waals surface area (Å²) in [7, 11) is 0. The Hall–Kier alpha value is -2.06. The Morgan fingerprint density at radius 1 is 1.42 bits per heavy atom. The highest BCUT2D eigenvalue weighted by Gasteiger charge is 2.36. The zero-order valence-electron chi connectivity index (χ0n) is 14.9. The number of aryl methyl sites for hydroxylation is 1. The van der Waals surface area contributed by atoms with Gasteiger partial charge in [-0.25, -0.2) is 9.37 Å². The molecular weight excluding hydrogens is 355 g/mol. The van der Waals surface area contributed by atoms with Crippen molar-refractivity contribution >= 4 is 23.3 Å². The summed E-state index contributed by atoms with van der Waals surface area (Å²) in [6, 6.07) is 1.57. The van der Waals surface area contributed by atoms with Gasteiger partial charge in [0.2, 0.25) is 0 Å². The van der Waals surface area contributed by atoms with E-state index in [0.29, 0.717) is 30.0 Å². The van der Waals surface area contributed by atoms with Crippen molar-refractivity contribution in [3.8, 4) is 10.6 Å². The highest BCUT2D eigenvalue weighted by Crippen LogP contribution is 2.39. The summed E-state index contributed by atoms with van der Waals surface area (Å²) in [5.74, 6) is -0.281. The van der Waals surface area contributed by atoms with E-state index in [9.17, 15) is 4.79 Å². The largest absolute Gasteiger partial charge is 0.381 e. The number of pyridine rings is 1. The molecule has 0 saturated carbocycles. The number of ether oxygens (including phenoxy) is 1. The van der Waals surface area contributed by atoms with E-state index in [1.54, 1.807) is 6.92 Å². The number of carbonyl (C=O) groups excluding carboxylic acids is 1. The number of rotatable bonds is 3. The highest BCUT2D eigenvalue weighted by molar-refractivity contribution is 7.09. The number of hydrogen-bond acceptors (Lipinski definition) is 6. The topological polar surface area (TPSA) is 76.1 Å². The van der Waals surface area contributed by atoms with Gasteiger partial charge >= 0.3 is 0 Å². The second-order valence-electron chi connectivity index (χ2n) is 7.03. The fourth-order valence-electron chi connectivity index (χ4n) is 3.58. The van der Waals surface area contributed by atoms with Crippen LogP contribution in [-0.4, -0.2) is 34.5 Å². The summed E-state index contributed by atoms with van der Waals surface area (Å²) in [5.41, 5.74) is 2.05. The molecule has 3 atom stereocenters. The number of amides is 1. The molecule has 8 heteroatoms. The van der Waals surface area contributed by atoms with Gasteiger partial charge in [0.25, 0.3) is 5.91 Å². The lowest BCUT2D eigenvalue weighted by molar-refractivity contribution is 0.0536. The monoisotopic (exact) mass is 376 g/mol. The molecule has 0 aromatic carbocycles. The van der Waals surface area contributed by atoms with Crippen molar-refractivity contribution in [3.05, 3.63) is 28.7 Å². The van der Waals surface area contributed by atoms with Gasteiger partial charge in [0.05, 0.1) is 34.5 Å². The number of halogens is 1. The van der Waals surface area contributed by atoms with Crippen molar-refractivity contribution in [1.29, 1.82) is 0 Å². The van der Waals surface area contributed by atoms with Crippen LogP contribution in [0.25, 0.3) is 10.6 Å². The van der Waals surface area contributed by atoms with Crippen LogP contribution < -0.4 is 10.6 Å². The fourth-order valence-corrected chi connectivity index (χ4v) is 4.33. The quantitative estimate of drug-likeness (QED) is 0.860. The van der Waals surface area contributed by atoms with E-state index in [2.05, 4.69) is 26.9 Å². The van der Waals surface area contributed by atoms with Crippen molar-refractivity contribution < 1.29 is 13.9 Å². The Morgan fingerprint density at radius 2 is 2.23 bits per heavy atom. The smallest absolute Gasteiger partial charge is 0.254 e. The molecule has 4 heterocycles. The maximum atomic E-state index is 15.2. The molecule has 26 heavy (non-hydrogen) atoms. The maximum absolute atomic E-state index is 15.2. The number of fused-ring (bicyclic) bond motifs is 1. The summed E-state index contributed by atoms with van der Waals surface area (Å²) in [6.45, 7) is 7.03. The third-order valence-electron chi connectivity index (χ3n) is 5.01. The summed E-state index contributed by atoms with van der Waals surface area (Å²) < 4.78 is 25.0. The van der Waals surface area contributed by atoms with Gasteiger partial charge in [-0.05, 0) is 43.8 Å². The van der Waals surface area contributed by atoms with E-state index in [1.807, 2.05) is 13.0 Å². The van der Waals surface area contributed by atoms with Gasteiger partial charge in [-0.15, -0.1) is 0 Å². The first-order chi connectivity index (χ1) is 12.5. The second-order valence-corrected chi connectivity index (χ2v) is 7.84. The zero-order chi connectivity index (χ0) is 18.4. The Morgan fingerprint density at radius 3 is 2.92 bits per heavy atom. The number of carbonyl (C=O) groups is 1. The van der Waals surface area contributed by atoms with E-state index in [0.717, 1.165) is 17.0 Å². The summed E-state index contributed by atoms with van der Waals surface area (Å²) >= 11 is 1.27. The summed E-state index contributed by atoms with van der Waals surface area (Å²) in [6.07, 6.45) is 0.793.